The highest BCUT2D eigenvalue weighted by Crippen LogP contribution is 1.88. The third-order valence-electron chi connectivity index (χ3n) is 1.20. The molecule has 0 aromatic rings. The van der Waals surface area contributed by atoms with E-state index in [0.717, 1.165) is 0 Å². The van der Waals surface area contributed by atoms with Crippen molar-refractivity contribution in [2.24, 2.45) is 0 Å². The fourth-order valence-electron chi connectivity index (χ4n) is 0.506. The molecule has 0 saturated heterocycles. The molecule has 0 spiro atoms. The quantitative estimate of drug-likeness (QED) is 0.431. The van der Waals surface area contributed by atoms with Crippen molar-refractivity contribution in [2.75, 3.05) is 27.4 Å². The molecule has 1 unspecified atom stereocenters. The van der Waals surface area contributed by atoms with E-state index >= 15 is 0 Å². The standard InChI is InChI=1S/C8H16O3/c1-8(10-3)7-11-6-4-5-9-2/h4-5,8H,6-7H2,1-3H3/b5-4+. The molecule has 0 radical (unpaired) electrons. The lowest BCUT2D eigenvalue weighted by molar-refractivity contribution is 0.0280. The molecule has 0 N–H and O–H groups in total. The minimum absolute atomic E-state index is 0.158. The van der Waals surface area contributed by atoms with Crippen molar-refractivity contribution in [1.82, 2.24) is 0 Å². The maximum Gasteiger partial charge on any atom is 0.0807 e. The average molecular weight is 160 g/mol. The van der Waals surface area contributed by atoms with Gasteiger partial charge in [-0.05, 0) is 13.0 Å². The van der Waals surface area contributed by atoms with Crippen LogP contribution in [0, 0.1) is 0 Å². The molecular formula is C8H16O3. The molecule has 0 bridgehead atoms. The third-order valence-corrected chi connectivity index (χ3v) is 1.20. The van der Waals surface area contributed by atoms with Crippen LogP contribution in [-0.2, 0) is 14.2 Å². The monoisotopic (exact) mass is 160 g/mol. The summed E-state index contributed by atoms with van der Waals surface area (Å²) in [6, 6.07) is 0. The Bertz CT molecular complexity index is 102. The highest BCUT2D eigenvalue weighted by molar-refractivity contribution is 4.71. The zero-order valence-electron chi connectivity index (χ0n) is 7.37. The van der Waals surface area contributed by atoms with Crippen LogP contribution < -0.4 is 0 Å². The molecule has 0 fully saturated rings. The highest BCUT2D eigenvalue weighted by Gasteiger charge is 1.96. The fourth-order valence-corrected chi connectivity index (χ4v) is 0.506. The summed E-state index contributed by atoms with van der Waals surface area (Å²) < 4.78 is 14.9. The summed E-state index contributed by atoms with van der Waals surface area (Å²) in [4.78, 5) is 0. The molecule has 0 amide bonds. The van der Waals surface area contributed by atoms with Crippen LogP contribution in [-0.4, -0.2) is 33.5 Å². The summed E-state index contributed by atoms with van der Waals surface area (Å²) in [5.41, 5.74) is 0. The predicted octanol–water partition coefficient (Wildman–Crippen LogP) is 1.20. The van der Waals surface area contributed by atoms with Crippen LogP contribution in [0.15, 0.2) is 12.3 Å². The maximum atomic E-state index is 5.20. The molecule has 0 saturated carbocycles. The van der Waals surface area contributed by atoms with Gasteiger partial charge in [0.15, 0.2) is 0 Å². The fraction of sp³-hybridized carbons (Fsp3) is 0.750. The molecule has 3 heteroatoms. The largest absolute Gasteiger partial charge is 0.505 e. The van der Waals surface area contributed by atoms with Crippen LogP contribution in [0.4, 0.5) is 0 Å². The van der Waals surface area contributed by atoms with E-state index < -0.39 is 0 Å². The van der Waals surface area contributed by atoms with Gasteiger partial charge < -0.3 is 14.2 Å². The molecule has 0 aliphatic rings. The summed E-state index contributed by atoms with van der Waals surface area (Å²) in [7, 11) is 3.27. The van der Waals surface area contributed by atoms with Gasteiger partial charge in [-0.1, -0.05) is 0 Å². The van der Waals surface area contributed by atoms with Crippen molar-refractivity contribution in [1.29, 1.82) is 0 Å². The second-order valence-electron chi connectivity index (χ2n) is 2.19. The first-order valence-corrected chi connectivity index (χ1v) is 3.59. The molecule has 0 aromatic heterocycles. The van der Waals surface area contributed by atoms with Crippen LogP contribution in [0.5, 0.6) is 0 Å². The molecule has 0 aromatic carbocycles. The Hall–Kier alpha value is -0.540. The molecule has 1 atom stereocenters. The molecule has 66 valence electrons. The highest BCUT2D eigenvalue weighted by atomic mass is 16.5. The van der Waals surface area contributed by atoms with Gasteiger partial charge in [0.05, 0.1) is 32.7 Å². The Balaban J connectivity index is 3.07. The van der Waals surface area contributed by atoms with E-state index in [1.807, 2.05) is 13.0 Å². The molecular weight excluding hydrogens is 144 g/mol. The SMILES string of the molecule is CO/C=C/COCC(C)OC. The molecule has 0 aliphatic heterocycles. The maximum absolute atomic E-state index is 5.20. The van der Waals surface area contributed by atoms with E-state index in [-0.39, 0.29) is 6.10 Å². The van der Waals surface area contributed by atoms with Crippen LogP contribution in [0.3, 0.4) is 0 Å². The van der Waals surface area contributed by atoms with Crippen molar-refractivity contribution in [3.8, 4) is 0 Å². The Labute approximate surface area is 67.9 Å². The van der Waals surface area contributed by atoms with Gasteiger partial charge in [-0.3, -0.25) is 0 Å². The number of ether oxygens (including phenoxy) is 3. The first-order valence-electron chi connectivity index (χ1n) is 3.59. The predicted molar refractivity (Wildman–Crippen MR) is 43.4 cm³/mol. The van der Waals surface area contributed by atoms with Crippen LogP contribution >= 0.6 is 0 Å². The summed E-state index contributed by atoms with van der Waals surface area (Å²) in [6.07, 6.45) is 3.56. The van der Waals surface area contributed by atoms with Crippen molar-refractivity contribution in [2.45, 2.75) is 13.0 Å². The normalized spacial score (nSPS) is 13.7. The minimum Gasteiger partial charge on any atom is -0.505 e. The van der Waals surface area contributed by atoms with E-state index in [2.05, 4.69) is 4.74 Å². The second-order valence-corrected chi connectivity index (χ2v) is 2.19. The van der Waals surface area contributed by atoms with Crippen molar-refractivity contribution in [3.63, 3.8) is 0 Å². The Morgan fingerprint density at radius 3 is 2.64 bits per heavy atom. The van der Waals surface area contributed by atoms with Gasteiger partial charge in [0, 0.05) is 7.11 Å². The topological polar surface area (TPSA) is 27.7 Å². The lowest BCUT2D eigenvalue weighted by atomic mass is 10.4. The summed E-state index contributed by atoms with van der Waals surface area (Å²) in [5.74, 6) is 0. The van der Waals surface area contributed by atoms with Crippen molar-refractivity contribution in [3.05, 3.63) is 12.3 Å². The van der Waals surface area contributed by atoms with Gasteiger partial charge in [-0.2, -0.15) is 0 Å². The second kappa shape index (κ2) is 7.57. The lowest BCUT2D eigenvalue weighted by Crippen LogP contribution is -2.13. The molecule has 0 rings (SSSR count). The summed E-state index contributed by atoms with van der Waals surface area (Å²) in [6.45, 7) is 3.14. The van der Waals surface area contributed by atoms with Gasteiger partial charge in [0.2, 0.25) is 0 Å². The van der Waals surface area contributed by atoms with Crippen molar-refractivity contribution >= 4 is 0 Å². The molecule has 11 heavy (non-hydrogen) atoms. The number of hydrogen-bond donors (Lipinski definition) is 0. The van der Waals surface area contributed by atoms with Gasteiger partial charge in [0.25, 0.3) is 0 Å². The van der Waals surface area contributed by atoms with Gasteiger partial charge in [-0.25, -0.2) is 0 Å². The Morgan fingerprint density at radius 1 is 1.36 bits per heavy atom. The van der Waals surface area contributed by atoms with Crippen LogP contribution in [0.1, 0.15) is 6.92 Å². The van der Waals surface area contributed by atoms with Crippen molar-refractivity contribution < 1.29 is 14.2 Å². The number of methoxy groups -OCH3 is 2. The van der Waals surface area contributed by atoms with Gasteiger partial charge in [-0.15, -0.1) is 0 Å². The third kappa shape index (κ3) is 7.36. The molecule has 3 nitrogen and oxygen atoms in total. The zero-order valence-corrected chi connectivity index (χ0v) is 7.37. The van der Waals surface area contributed by atoms with E-state index in [4.69, 9.17) is 9.47 Å². The first-order chi connectivity index (χ1) is 5.31. The average Bonchev–Trinajstić information content (AvgIpc) is 2.04. The summed E-state index contributed by atoms with van der Waals surface area (Å²) >= 11 is 0. The smallest absolute Gasteiger partial charge is 0.0807 e. The zero-order chi connectivity index (χ0) is 8.53. The van der Waals surface area contributed by atoms with E-state index in [0.29, 0.717) is 13.2 Å². The number of hydrogen-bond acceptors (Lipinski definition) is 3. The Kier molecular flexibility index (Phi) is 7.19. The van der Waals surface area contributed by atoms with E-state index in [9.17, 15) is 0 Å². The number of rotatable bonds is 6. The van der Waals surface area contributed by atoms with E-state index in [1.165, 1.54) is 0 Å². The minimum atomic E-state index is 0.158. The first kappa shape index (κ1) is 10.5. The summed E-state index contributed by atoms with van der Waals surface area (Å²) in [5, 5.41) is 0. The lowest BCUT2D eigenvalue weighted by Gasteiger charge is -2.07. The molecule has 0 heterocycles. The van der Waals surface area contributed by atoms with Gasteiger partial charge in [0.1, 0.15) is 0 Å². The Morgan fingerprint density at radius 2 is 2.09 bits per heavy atom. The van der Waals surface area contributed by atoms with Crippen LogP contribution in [0.2, 0.25) is 0 Å². The molecule has 0 aliphatic carbocycles. The van der Waals surface area contributed by atoms with Crippen LogP contribution in [0.25, 0.3) is 0 Å². The van der Waals surface area contributed by atoms with E-state index in [1.54, 1.807) is 20.5 Å². The van der Waals surface area contributed by atoms with Gasteiger partial charge >= 0.3 is 0 Å².